The lowest BCUT2D eigenvalue weighted by molar-refractivity contribution is 0.0678. The van der Waals surface area contributed by atoms with Gasteiger partial charge in [-0.05, 0) is 26.0 Å². The highest BCUT2D eigenvalue weighted by atomic mass is 16.6. The van der Waals surface area contributed by atoms with Crippen LogP contribution < -0.4 is 0 Å². The number of hydrogen-bond donors (Lipinski definition) is 2. The van der Waals surface area contributed by atoms with Gasteiger partial charge in [-0.15, -0.1) is 0 Å². The van der Waals surface area contributed by atoms with Crippen LogP contribution in [0.2, 0.25) is 0 Å². The molecule has 1 aromatic rings. The van der Waals surface area contributed by atoms with Crippen molar-refractivity contribution in [2.24, 2.45) is 0 Å². The van der Waals surface area contributed by atoms with Crippen LogP contribution in [-0.4, -0.2) is 58.9 Å². The molecule has 0 aliphatic carbocycles. The lowest BCUT2D eigenvalue weighted by Gasteiger charge is -2.37. The Morgan fingerprint density at radius 2 is 1.81 bits per heavy atom. The number of piperazine rings is 1. The van der Waals surface area contributed by atoms with Crippen molar-refractivity contribution in [3.05, 3.63) is 23.8 Å². The van der Waals surface area contributed by atoms with Gasteiger partial charge in [-0.1, -0.05) is 6.07 Å². The molecule has 116 valence electrons. The molecule has 0 radical (unpaired) electrons. The van der Waals surface area contributed by atoms with Gasteiger partial charge in [-0.3, -0.25) is 4.90 Å². The number of amides is 1. The van der Waals surface area contributed by atoms with Crippen LogP contribution in [0.4, 0.5) is 4.79 Å². The Morgan fingerprint density at radius 3 is 2.33 bits per heavy atom. The molecule has 21 heavy (non-hydrogen) atoms. The second-order valence-corrected chi connectivity index (χ2v) is 5.11. The number of rotatable bonds is 3. The minimum Gasteiger partial charge on any atom is -0.507 e. The van der Waals surface area contributed by atoms with E-state index in [1.165, 1.54) is 0 Å². The molecule has 0 saturated carbocycles. The zero-order valence-corrected chi connectivity index (χ0v) is 12.5. The van der Waals surface area contributed by atoms with Gasteiger partial charge in [0.1, 0.15) is 11.5 Å². The van der Waals surface area contributed by atoms with Gasteiger partial charge in [0, 0.05) is 32.2 Å². The molecule has 0 aromatic heterocycles. The maximum atomic E-state index is 11.7. The zero-order chi connectivity index (χ0) is 15.4. The Hall–Kier alpha value is -1.95. The second-order valence-electron chi connectivity index (χ2n) is 5.11. The third-order valence-corrected chi connectivity index (χ3v) is 3.87. The lowest BCUT2D eigenvalue weighted by Crippen LogP contribution is -2.49. The van der Waals surface area contributed by atoms with E-state index in [0.29, 0.717) is 38.3 Å². The van der Waals surface area contributed by atoms with Gasteiger partial charge in [-0.25, -0.2) is 4.79 Å². The maximum absolute atomic E-state index is 11.7. The third-order valence-electron chi connectivity index (χ3n) is 3.87. The van der Waals surface area contributed by atoms with Gasteiger partial charge in [0.15, 0.2) is 0 Å². The summed E-state index contributed by atoms with van der Waals surface area (Å²) in [7, 11) is 0. The van der Waals surface area contributed by atoms with E-state index in [9.17, 15) is 15.0 Å². The van der Waals surface area contributed by atoms with Crippen molar-refractivity contribution in [2.75, 3.05) is 32.8 Å². The summed E-state index contributed by atoms with van der Waals surface area (Å²) in [6.07, 6.45) is -0.282. The average molecular weight is 294 g/mol. The average Bonchev–Trinajstić information content (AvgIpc) is 2.47. The summed E-state index contributed by atoms with van der Waals surface area (Å²) in [6, 6.07) is 4.64. The van der Waals surface area contributed by atoms with Gasteiger partial charge >= 0.3 is 6.09 Å². The van der Waals surface area contributed by atoms with Crippen LogP contribution in [-0.2, 0) is 4.74 Å². The molecule has 6 nitrogen and oxygen atoms in total. The Kier molecular flexibility index (Phi) is 4.90. The highest BCUT2D eigenvalue weighted by molar-refractivity contribution is 5.67. The van der Waals surface area contributed by atoms with Crippen LogP contribution in [0.1, 0.15) is 25.5 Å². The summed E-state index contributed by atoms with van der Waals surface area (Å²) in [5.74, 6) is 0.186. The lowest BCUT2D eigenvalue weighted by atomic mass is 10.0. The minimum absolute atomic E-state index is 0.0929. The fourth-order valence-electron chi connectivity index (χ4n) is 2.66. The Bertz CT molecular complexity index is 478. The molecule has 2 rings (SSSR count). The van der Waals surface area contributed by atoms with Crippen LogP contribution in [0.3, 0.4) is 0 Å². The molecular formula is C15H22N2O4. The summed E-state index contributed by atoms with van der Waals surface area (Å²) in [4.78, 5) is 15.5. The fraction of sp³-hybridized carbons (Fsp3) is 0.533. The molecule has 1 heterocycles. The first-order valence-electron chi connectivity index (χ1n) is 7.21. The summed E-state index contributed by atoms with van der Waals surface area (Å²) in [6.45, 7) is 6.61. The Labute approximate surface area is 124 Å². The first-order valence-corrected chi connectivity index (χ1v) is 7.21. The number of phenols is 2. The van der Waals surface area contributed by atoms with Crippen molar-refractivity contribution >= 4 is 6.09 Å². The first kappa shape index (κ1) is 15.4. The normalized spacial score (nSPS) is 17.5. The fourth-order valence-corrected chi connectivity index (χ4v) is 2.66. The second kappa shape index (κ2) is 6.67. The minimum atomic E-state index is -0.282. The van der Waals surface area contributed by atoms with Crippen molar-refractivity contribution < 1.29 is 19.7 Å². The van der Waals surface area contributed by atoms with E-state index in [2.05, 4.69) is 4.90 Å². The molecule has 2 N–H and O–H groups in total. The number of nitrogens with zero attached hydrogens (tertiary/aromatic N) is 2. The zero-order valence-electron chi connectivity index (χ0n) is 12.5. The number of carbonyl (C=O) groups excluding carboxylic acids is 1. The SMILES string of the molecule is CCOC(=O)N1CCN(C(C)c2c(O)cccc2O)CC1. The Morgan fingerprint density at radius 1 is 1.24 bits per heavy atom. The number of ether oxygens (including phenoxy) is 1. The molecule has 1 aromatic carbocycles. The van der Waals surface area contributed by atoms with E-state index in [1.54, 1.807) is 30.0 Å². The molecule has 1 aliphatic heterocycles. The summed E-state index contributed by atoms with van der Waals surface area (Å²) in [5.41, 5.74) is 0.530. The molecule has 0 bridgehead atoms. The van der Waals surface area contributed by atoms with Gasteiger partial charge in [0.25, 0.3) is 0 Å². The van der Waals surface area contributed by atoms with E-state index >= 15 is 0 Å². The van der Waals surface area contributed by atoms with Crippen LogP contribution in [0.15, 0.2) is 18.2 Å². The maximum Gasteiger partial charge on any atom is 0.409 e. The highest BCUT2D eigenvalue weighted by Gasteiger charge is 2.27. The monoisotopic (exact) mass is 294 g/mol. The van der Waals surface area contributed by atoms with Crippen LogP contribution >= 0.6 is 0 Å². The number of hydrogen-bond acceptors (Lipinski definition) is 5. The van der Waals surface area contributed by atoms with E-state index < -0.39 is 0 Å². The number of carbonyl (C=O) groups is 1. The third kappa shape index (κ3) is 3.39. The van der Waals surface area contributed by atoms with Crippen molar-refractivity contribution in [2.45, 2.75) is 19.9 Å². The molecule has 1 amide bonds. The molecule has 1 unspecified atom stereocenters. The van der Waals surface area contributed by atoms with Crippen molar-refractivity contribution in [1.29, 1.82) is 0 Å². The number of aromatic hydroxyl groups is 2. The van der Waals surface area contributed by atoms with Crippen LogP contribution in [0.25, 0.3) is 0 Å². The quantitative estimate of drug-likeness (QED) is 0.891. The molecular weight excluding hydrogens is 272 g/mol. The molecule has 6 heteroatoms. The highest BCUT2D eigenvalue weighted by Crippen LogP contribution is 2.35. The molecule has 1 fully saturated rings. The van der Waals surface area contributed by atoms with Gasteiger partial charge in [-0.2, -0.15) is 0 Å². The standard InChI is InChI=1S/C15H22N2O4/c1-3-21-15(20)17-9-7-16(8-10-17)11(2)14-12(18)5-4-6-13(14)19/h4-6,11,18-19H,3,7-10H2,1-2H3. The van der Waals surface area contributed by atoms with Crippen molar-refractivity contribution in [1.82, 2.24) is 9.80 Å². The Balaban J connectivity index is 2.00. The van der Waals surface area contributed by atoms with E-state index in [4.69, 9.17) is 4.74 Å². The predicted octanol–water partition coefficient (Wildman–Crippen LogP) is 1.93. The summed E-state index contributed by atoms with van der Waals surface area (Å²) < 4.78 is 4.99. The molecule has 1 aliphatic rings. The van der Waals surface area contributed by atoms with Crippen molar-refractivity contribution in [3.63, 3.8) is 0 Å². The molecule has 1 atom stereocenters. The molecule has 1 saturated heterocycles. The van der Waals surface area contributed by atoms with Gasteiger partial charge in [0.05, 0.1) is 12.2 Å². The largest absolute Gasteiger partial charge is 0.507 e. The van der Waals surface area contributed by atoms with E-state index in [1.807, 2.05) is 6.92 Å². The van der Waals surface area contributed by atoms with E-state index in [-0.39, 0.29) is 23.6 Å². The van der Waals surface area contributed by atoms with Crippen LogP contribution in [0.5, 0.6) is 11.5 Å². The van der Waals surface area contributed by atoms with Crippen molar-refractivity contribution in [3.8, 4) is 11.5 Å². The van der Waals surface area contributed by atoms with E-state index in [0.717, 1.165) is 0 Å². The smallest absolute Gasteiger partial charge is 0.409 e. The number of benzene rings is 1. The van der Waals surface area contributed by atoms with Gasteiger partial charge in [0.2, 0.25) is 0 Å². The summed E-state index contributed by atoms with van der Waals surface area (Å²) in [5, 5.41) is 19.9. The summed E-state index contributed by atoms with van der Waals surface area (Å²) >= 11 is 0. The van der Waals surface area contributed by atoms with Gasteiger partial charge < -0.3 is 19.8 Å². The van der Waals surface area contributed by atoms with Crippen LogP contribution in [0, 0.1) is 0 Å². The topological polar surface area (TPSA) is 73.2 Å². The first-order chi connectivity index (χ1) is 10.0. The number of phenolic OH excluding ortho intramolecular Hbond substituents is 2. The predicted molar refractivity (Wildman–Crippen MR) is 78.4 cm³/mol. The molecule has 0 spiro atoms.